The molecule has 0 aromatic heterocycles. The van der Waals surface area contributed by atoms with Crippen molar-refractivity contribution in [1.29, 1.82) is 0 Å². The maximum absolute atomic E-state index is 5.50. The van der Waals surface area contributed by atoms with E-state index in [1.54, 1.807) is 6.08 Å². The molecular weight excluding hydrogens is 176 g/mol. The third-order valence-electron chi connectivity index (χ3n) is 2.56. The molecule has 2 atom stereocenters. The second-order valence-electron chi connectivity index (χ2n) is 4.85. The second kappa shape index (κ2) is 4.91. The van der Waals surface area contributed by atoms with Gasteiger partial charge < -0.3 is 10.1 Å². The Kier molecular flexibility index (Phi) is 4.11. The van der Waals surface area contributed by atoms with Crippen LogP contribution in [0.4, 0.5) is 0 Å². The minimum atomic E-state index is 0.131. The molecule has 0 radical (unpaired) electrons. The smallest absolute Gasteiger partial charge is 0.121 e. The highest BCUT2D eigenvalue weighted by Crippen LogP contribution is 2.20. The van der Waals surface area contributed by atoms with Gasteiger partial charge in [-0.05, 0) is 5.41 Å². The quantitative estimate of drug-likeness (QED) is 0.667. The summed E-state index contributed by atoms with van der Waals surface area (Å²) in [7, 11) is 0. The lowest BCUT2D eigenvalue weighted by Gasteiger charge is -2.38. The molecule has 2 N–H and O–H groups in total. The SMILES string of the molecule is C=CCOC1CNC(C(C)(C)C)CN1. The Balaban J connectivity index is 2.27. The van der Waals surface area contributed by atoms with E-state index in [0.717, 1.165) is 13.1 Å². The van der Waals surface area contributed by atoms with E-state index in [2.05, 4.69) is 38.0 Å². The minimum Gasteiger partial charge on any atom is -0.358 e. The van der Waals surface area contributed by atoms with Crippen molar-refractivity contribution in [2.45, 2.75) is 33.0 Å². The van der Waals surface area contributed by atoms with Crippen molar-refractivity contribution in [3.05, 3.63) is 12.7 Å². The lowest BCUT2D eigenvalue weighted by molar-refractivity contribution is 0.0195. The van der Waals surface area contributed by atoms with Crippen LogP contribution in [0.3, 0.4) is 0 Å². The van der Waals surface area contributed by atoms with Crippen LogP contribution >= 0.6 is 0 Å². The van der Waals surface area contributed by atoms with Crippen molar-refractivity contribution in [3.8, 4) is 0 Å². The fourth-order valence-electron chi connectivity index (χ4n) is 1.56. The summed E-state index contributed by atoms with van der Waals surface area (Å²) in [6, 6.07) is 0.520. The van der Waals surface area contributed by atoms with Gasteiger partial charge in [-0.1, -0.05) is 26.8 Å². The fourth-order valence-corrected chi connectivity index (χ4v) is 1.56. The van der Waals surface area contributed by atoms with Crippen LogP contribution in [0.1, 0.15) is 20.8 Å². The van der Waals surface area contributed by atoms with E-state index in [4.69, 9.17) is 4.74 Å². The van der Waals surface area contributed by atoms with Crippen LogP contribution in [-0.2, 0) is 4.74 Å². The molecule has 14 heavy (non-hydrogen) atoms. The number of ether oxygens (including phenoxy) is 1. The van der Waals surface area contributed by atoms with E-state index in [1.165, 1.54) is 0 Å². The summed E-state index contributed by atoms with van der Waals surface area (Å²) in [5.74, 6) is 0. The number of nitrogens with one attached hydrogen (secondary N) is 2. The molecule has 0 spiro atoms. The Morgan fingerprint density at radius 2 is 2.07 bits per heavy atom. The van der Waals surface area contributed by atoms with Gasteiger partial charge in [-0.25, -0.2) is 0 Å². The summed E-state index contributed by atoms with van der Waals surface area (Å²) in [5, 5.41) is 6.87. The van der Waals surface area contributed by atoms with Gasteiger partial charge in [0, 0.05) is 19.1 Å². The molecule has 3 heteroatoms. The molecule has 0 amide bonds. The van der Waals surface area contributed by atoms with Crippen molar-refractivity contribution in [2.24, 2.45) is 5.41 Å². The first-order chi connectivity index (χ1) is 6.54. The van der Waals surface area contributed by atoms with Crippen LogP contribution < -0.4 is 10.6 Å². The molecule has 1 heterocycles. The first-order valence-corrected chi connectivity index (χ1v) is 5.23. The normalized spacial score (nSPS) is 28.8. The predicted octanol–water partition coefficient (Wildman–Crippen LogP) is 1.12. The van der Waals surface area contributed by atoms with Crippen molar-refractivity contribution in [3.63, 3.8) is 0 Å². The number of piperazine rings is 1. The van der Waals surface area contributed by atoms with E-state index >= 15 is 0 Å². The maximum Gasteiger partial charge on any atom is 0.121 e. The average molecular weight is 198 g/mol. The molecule has 0 saturated carbocycles. The van der Waals surface area contributed by atoms with Gasteiger partial charge in [0.2, 0.25) is 0 Å². The summed E-state index contributed by atoms with van der Waals surface area (Å²) in [5.41, 5.74) is 0.302. The Morgan fingerprint density at radius 3 is 2.50 bits per heavy atom. The average Bonchev–Trinajstić information content (AvgIpc) is 2.14. The van der Waals surface area contributed by atoms with Crippen LogP contribution in [0.15, 0.2) is 12.7 Å². The van der Waals surface area contributed by atoms with Crippen molar-refractivity contribution in [2.75, 3.05) is 19.7 Å². The van der Waals surface area contributed by atoms with Gasteiger partial charge in [0.1, 0.15) is 6.23 Å². The molecule has 1 aliphatic rings. The largest absolute Gasteiger partial charge is 0.358 e. The lowest BCUT2D eigenvalue weighted by atomic mass is 9.86. The van der Waals surface area contributed by atoms with Crippen LogP contribution in [0, 0.1) is 5.41 Å². The first-order valence-electron chi connectivity index (χ1n) is 5.23. The third-order valence-corrected chi connectivity index (χ3v) is 2.56. The second-order valence-corrected chi connectivity index (χ2v) is 4.85. The van der Waals surface area contributed by atoms with Gasteiger partial charge in [-0.15, -0.1) is 6.58 Å². The molecule has 0 aromatic rings. The molecule has 1 rings (SSSR count). The van der Waals surface area contributed by atoms with E-state index < -0.39 is 0 Å². The Hall–Kier alpha value is -0.380. The number of hydrogen-bond donors (Lipinski definition) is 2. The van der Waals surface area contributed by atoms with Crippen molar-refractivity contribution >= 4 is 0 Å². The van der Waals surface area contributed by atoms with Gasteiger partial charge in [-0.2, -0.15) is 0 Å². The number of rotatable bonds is 3. The number of hydrogen-bond acceptors (Lipinski definition) is 3. The van der Waals surface area contributed by atoms with Gasteiger partial charge >= 0.3 is 0 Å². The molecule has 0 bridgehead atoms. The van der Waals surface area contributed by atoms with Gasteiger partial charge in [0.25, 0.3) is 0 Å². The molecule has 1 fully saturated rings. The molecular formula is C11H22N2O. The Morgan fingerprint density at radius 1 is 1.36 bits per heavy atom. The molecule has 82 valence electrons. The van der Waals surface area contributed by atoms with Crippen LogP contribution in [0.25, 0.3) is 0 Å². The topological polar surface area (TPSA) is 33.3 Å². The molecule has 3 nitrogen and oxygen atoms in total. The Bertz CT molecular complexity index is 178. The summed E-state index contributed by atoms with van der Waals surface area (Å²) < 4.78 is 5.50. The van der Waals surface area contributed by atoms with E-state index in [9.17, 15) is 0 Å². The monoisotopic (exact) mass is 198 g/mol. The zero-order valence-electron chi connectivity index (χ0n) is 9.47. The summed E-state index contributed by atoms with van der Waals surface area (Å²) in [6.07, 6.45) is 1.91. The van der Waals surface area contributed by atoms with Crippen molar-refractivity contribution in [1.82, 2.24) is 10.6 Å². The maximum atomic E-state index is 5.50. The minimum absolute atomic E-state index is 0.131. The third kappa shape index (κ3) is 3.40. The predicted molar refractivity (Wildman–Crippen MR) is 59.2 cm³/mol. The highest BCUT2D eigenvalue weighted by atomic mass is 16.5. The standard InChI is InChI=1S/C11H22N2O/c1-5-6-14-10-8-12-9(7-13-10)11(2,3)4/h5,9-10,12-13H,1,6-8H2,2-4H3. The van der Waals surface area contributed by atoms with E-state index in [1.807, 2.05) is 0 Å². The van der Waals surface area contributed by atoms with Crippen molar-refractivity contribution < 1.29 is 4.74 Å². The molecule has 0 aromatic carbocycles. The summed E-state index contributed by atoms with van der Waals surface area (Å²) in [4.78, 5) is 0. The lowest BCUT2D eigenvalue weighted by Crippen LogP contribution is -2.59. The Labute approximate surface area is 86.9 Å². The highest BCUT2D eigenvalue weighted by molar-refractivity contribution is 4.87. The molecule has 1 aliphatic heterocycles. The zero-order chi connectivity index (χ0) is 10.6. The highest BCUT2D eigenvalue weighted by Gasteiger charge is 2.28. The van der Waals surface area contributed by atoms with Gasteiger partial charge in [0.05, 0.1) is 6.61 Å². The van der Waals surface area contributed by atoms with Crippen LogP contribution in [-0.4, -0.2) is 32.0 Å². The van der Waals surface area contributed by atoms with Gasteiger partial charge in [-0.3, -0.25) is 5.32 Å². The zero-order valence-corrected chi connectivity index (χ0v) is 9.47. The van der Waals surface area contributed by atoms with E-state index in [0.29, 0.717) is 18.1 Å². The van der Waals surface area contributed by atoms with Crippen LogP contribution in [0.2, 0.25) is 0 Å². The molecule has 0 aliphatic carbocycles. The first kappa shape index (κ1) is 11.7. The fraction of sp³-hybridized carbons (Fsp3) is 0.818. The van der Waals surface area contributed by atoms with E-state index in [-0.39, 0.29) is 6.23 Å². The summed E-state index contributed by atoms with van der Waals surface area (Å²) >= 11 is 0. The van der Waals surface area contributed by atoms with Crippen LogP contribution in [0.5, 0.6) is 0 Å². The molecule has 1 saturated heterocycles. The summed E-state index contributed by atoms with van der Waals surface area (Å²) in [6.45, 7) is 12.8. The van der Waals surface area contributed by atoms with Gasteiger partial charge in [0.15, 0.2) is 0 Å². The molecule has 2 unspecified atom stereocenters.